The molecule has 0 aromatic heterocycles. The van der Waals surface area contributed by atoms with Crippen LogP contribution in [-0.4, -0.2) is 30.4 Å². The van der Waals surface area contributed by atoms with E-state index in [1.54, 1.807) is 0 Å². The van der Waals surface area contributed by atoms with Gasteiger partial charge in [-0.3, -0.25) is 0 Å². The minimum atomic E-state index is -0.400. The third-order valence-electron chi connectivity index (χ3n) is 3.53. The van der Waals surface area contributed by atoms with Gasteiger partial charge in [-0.15, -0.1) is 0 Å². The average Bonchev–Trinajstić information content (AvgIpc) is 2.63. The zero-order valence-corrected chi connectivity index (χ0v) is 9.03. The van der Waals surface area contributed by atoms with E-state index in [0.717, 1.165) is 12.8 Å². The molecule has 1 saturated heterocycles. The number of allylic oxidation sites excluding steroid dienone is 1. The molecule has 0 spiro atoms. The first kappa shape index (κ1) is 10.5. The first-order valence-corrected chi connectivity index (χ1v) is 5.19. The predicted octanol–water partition coefficient (Wildman–Crippen LogP) is 0.993. The maximum absolute atomic E-state index is 11.0. The molecule has 0 aromatic carbocycles. The fraction of sp³-hybridized carbons (Fsp3) is 0.727. The van der Waals surface area contributed by atoms with Crippen molar-refractivity contribution in [2.45, 2.75) is 38.4 Å². The van der Waals surface area contributed by atoms with E-state index in [0.29, 0.717) is 12.2 Å². The van der Waals surface area contributed by atoms with Crippen LogP contribution in [0.25, 0.3) is 0 Å². The lowest BCUT2D eigenvalue weighted by Crippen LogP contribution is -2.31. The Morgan fingerprint density at radius 1 is 1.67 bits per heavy atom. The second kappa shape index (κ2) is 3.52. The standard InChI is InChI=1S/C11H16O4/c1-11-6-7(5-10(13)14-2)15-9(11)4-3-8(11)12/h5,8-9,12H,3-4,6H2,1-2H3/b7-5+/t8-,9+,11-/m0/s1. The SMILES string of the molecule is COC(=O)/C=C1\C[C@@]2(C)[C@@H](O)CC[C@H]2O1. The summed E-state index contributed by atoms with van der Waals surface area (Å²) < 4.78 is 10.2. The Bertz CT molecular complexity index is 310. The summed E-state index contributed by atoms with van der Waals surface area (Å²) in [6.07, 6.45) is 3.35. The largest absolute Gasteiger partial charge is 0.494 e. The van der Waals surface area contributed by atoms with E-state index < -0.39 is 5.97 Å². The van der Waals surface area contributed by atoms with Crippen LogP contribution < -0.4 is 0 Å². The topological polar surface area (TPSA) is 55.8 Å². The number of rotatable bonds is 1. The zero-order chi connectivity index (χ0) is 11.1. The number of fused-ring (bicyclic) bond motifs is 1. The molecule has 1 saturated carbocycles. The van der Waals surface area contributed by atoms with Crippen LogP contribution in [0.5, 0.6) is 0 Å². The molecule has 0 radical (unpaired) electrons. The second-order valence-corrected chi connectivity index (χ2v) is 4.52. The number of ether oxygens (including phenoxy) is 2. The summed E-state index contributed by atoms with van der Waals surface area (Å²) in [5.41, 5.74) is -0.222. The number of hydrogen-bond acceptors (Lipinski definition) is 4. The third kappa shape index (κ3) is 1.63. The average molecular weight is 212 g/mol. The molecule has 1 N–H and O–H groups in total. The lowest BCUT2D eigenvalue weighted by atomic mass is 9.82. The maximum Gasteiger partial charge on any atom is 0.333 e. The van der Waals surface area contributed by atoms with E-state index in [1.165, 1.54) is 13.2 Å². The first-order valence-electron chi connectivity index (χ1n) is 5.19. The van der Waals surface area contributed by atoms with Gasteiger partial charge in [-0.25, -0.2) is 4.79 Å². The van der Waals surface area contributed by atoms with Crippen LogP contribution in [0.4, 0.5) is 0 Å². The predicted molar refractivity (Wildman–Crippen MR) is 52.9 cm³/mol. The lowest BCUT2D eigenvalue weighted by molar-refractivity contribution is -0.135. The quantitative estimate of drug-likeness (QED) is 0.520. The number of aliphatic hydroxyl groups is 1. The molecular weight excluding hydrogens is 196 g/mol. The summed E-state index contributed by atoms with van der Waals surface area (Å²) >= 11 is 0. The highest BCUT2D eigenvalue weighted by atomic mass is 16.5. The molecule has 1 aliphatic heterocycles. The van der Waals surface area contributed by atoms with Crippen molar-refractivity contribution in [2.75, 3.05) is 7.11 Å². The van der Waals surface area contributed by atoms with Crippen molar-refractivity contribution >= 4 is 5.97 Å². The van der Waals surface area contributed by atoms with E-state index in [9.17, 15) is 9.90 Å². The van der Waals surface area contributed by atoms with Crippen LogP contribution in [0.1, 0.15) is 26.2 Å². The summed E-state index contributed by atoms with van der Waals surface area (Å²) in [5.74, 6) is 0.233. The molecule has 4 heteroatoms. The summed E-state index contributed by atoms with van der Waals surface area (Å²) in [4.78, 5) is 11.0. The van der Waals surface area contributed by atoms with Gasteiger partial charge in [0.15, 0.2) is 0 Å². The van der Waals surface area contributed by atoms with Crippen LogP contribution in [-0.2, 0) is 14.3 Å². The van der Waals surface area contributed by atoms with Gasteiger partial charge in [0, 0.05) is 11.8 Å². The Morgan fingerprint density at radius 3 is 3.00 bits per heavy atom. The van der Waals surface area contributed by atoms with Gasteiger partial charge in [-0.05, 0) is 12.8 Å². The minimum Gasteiger partial charge on any atom is -0.494 e. The fourth-order valence-electron chi connectivity index (χ4n) is 2.48. The van der Waals surface area contributed by atoms with E-state index >= 15 is 0 Å². The van der Waals surface area contributed by atoms with Crippen LogP contribution in [0.3, 0.4) is 0 Å². The zero-order valence-electron chi connectivity index (χ0n) is 9.03. The number of methoxy groups -OCH3 is 1. The van der Waals surface area contributed by atoms with Gasteiger partial charge in [0.25, 0.3) is 0 Å². The molecule has 0 aromatic rings. The molecular formula is C11H16O4. The molecule has 84 valence electrons. The van der Waals surface area contributed by atoms with Gasteiger partial charge in [-0.1, -0.05) is 6.92 Å². The van der Waals surface area contributed by atoms with Gasteiger partial charge >= 0.3 is 5.97 Å². The number of carbonyl (C=O) groups excluding carboxylic acids is 1. The summed E-state index contributed by atoms with van der Waals surface area (Å²) in [6.45, 7) is 2.01. The van der Waals surface area contributed by atoms with Gasteiger partial charge in [0.1, 0.15) is 11.9 Å². The number of hydrogen-bond donors (Lipinski definition) is 1. The van der Waals surface area contributed by atoms with Gasteiger partial charge in [0.05, 0.1) is 19.3 Å². The molecule has 1 heterocycles. The highest BCUT2D eigenvalue weighted by Crippen LogP contribution is 2.50. The van der Waals surface area contributed by atoms with Gasteiger partial charge in [0.2, 0.25) is 0 Å². The molecule has 2 aliphatic rings. The van der Waals surface area contributed by atoms with Crippen LogP contribution in [0.15, 0.2) is 11.8 Å². The van der Waals surface area contributed by atoms with E-state index in [-0.39, 0.29) is 17.6 Å². The van der Waals surface area contributed by atoms with Crippen molar-refractivity contribution in [1.82, 2.24) is 0 Å². The Labute approximate surface area is 88.9 Å². The molecule has 1 aliphatic carbocycles. The third-order valence-corrected chi connectivity index (χ3v) is 3.53. The minimum absolute atomic E-state index is 0.0448. The van der Waals surface area contributed by atoms with Crippen molar-refractivity contribution in [3.05, 3.63) is 11.8 Å². The summed E-state index contributed by atoms with van der Waals surface area (Å²) in [7, 11) is 1.34. The van der Waals surface area contributed by atoms with Crippen LogP contribution in [0.2, 0.25) is 0 Å². The van der Waals surface area contributed by atoms with Crippen molar-refractivity contribution < 1.29 is 19.4 Å². The van der Waals surface area contributed by atoms with Crippen LogP contribution in [0, 0.1) is 5.41 Å². The van der Waals surface area contributed by atoms with Gasteiger partial charge < -0.3 is 14.6 Å². The second-order valence-electron chi connectivity index (χ2n) is 4.52. The monoisotopic (exact) mass is 212 g/mol. The highest BCUT2D eigenvalue weighted by Gasteiger charge is 2.52. The molecule has 3 atom stereocenters. The smallest absolute Gasteiger partial charge is 0.333 e. The highest BCUT2D eigenvalue weighted by molar-refractivity contribution is 5.82. The van der Waals surface area contributed by atoms with Crippen molar-refractivity contribution in [2.24, 2.45) is 5.41 Å². The maximum atomic E-state index is 11.0. The molecule has 0 amide bonds. The van der Waals surface area contributed by atoms with Crippen molar-refractivity contribution in [3.8, 4) is 0 Å². The Balaban J connectivity index is 2.13. The van der Waals surface area contributed by atoms with Gasteiger partial charge in [-0.2, -0.15) is 0 Å². The molecule has 0 bridgehead atoms. The number of esters is 1. The Kier molecular flexibility index (Phi) is 2.46. The van der Waals surface area contributed by atoms with Crippen LogP contribution >= 0.6 is 0 Å². The number of aliphatic hydroxyl groups excluding tert-OH is 1. The summed E-state index contributed by atoms with van der Waals surface area (Å²) in [5, 5.41) is 9.84. The summed E-state index contributed by atoms with van der Waals surface area (Å²) in [6, 6.07) is 0. The van der Waals surface area contributed by atoms with Crippen molar-refractivity contribution in [3.63, 3.8) is 0 Å². The van der Waals surface area contributed by atoms with E-state index in [4.69, 9.17) is 4.74 Å². The Morgan fingerprint density at radius 2 is 2.40 bits per heavy atom. The van der Waals surface area contributed by atoms with Crippen molar-refractivity contribution in [1.29, 1.82) is 0 Å². The fourth-order valence-corrected chi connectivity index (χ4v) is 2.48. The molecule has 2 fully saturated rings. The molecule has 2 rings (SSSR count). The molecule has 0 unspecified atom stereocenters. The normalized spacial score (nSPS) is 41.4. The Hall–Kier alpha value is -1.03. The first-order chi connectivity index (χ1) is 7.06. The van der Waals surface area contributed by atoms with E-state index in [2.05, 4.69) is 4.74 Å². The molecule has 15 heavy (non-hydrogen) atoms. The van der Waals surface area contributed by atoms with E-state index in [1.807, 2.05) is 6.92 Å². The molecule has 4 nitrogen and oxygen atoms in total. The number of carbonyl (C=O) groups is 1. The lowest BCUT2D eigenvalue weighted by Gasteiger charge is -2.24.